The molecular formula is C9H11ClN2O. The Kier molecular flexibility index (Phi) is 2.14. The maximum absolute atomic E-state index is 11.2. The molecule has 0 radical (unpaired) electrons. The predicted molar refractivity (Wildman–Crippen MR) is 52.1 cm³/mol. The largest absolute Gasteiger partial charge is 0.325 e. The van der Waals surface area contributed by atoms with Gasteiger partial charge in [-0.25, -0.2) is 0 Å². The fourth-order valence-corrected chi connectivity index (χ4v) is 1.80. The number of aromatic nitrogens is 1. The SMILES string of the molecule is CN1CCc2[nH]c(=O)c(Cl)cc2C1. The van der Waals surface area contributed by atoms with E-state index in [0.29, 0.717) is 0 Å². The Hall–Kier alpha value is -0.800. The van der Waals surface area contributed by atoms with Gasteiger partial charge in [-0.15, -0.1) is 0 Å². The minimum absolute atomic E-state index is 0.176. The predicted octanol–water partition coefficient (Wildman–Crippen LogP) is 1.02. The molecule has 1 aliphatic rings. The van der Waals surface area contributed by atoms with Gasteiger partial charge < -0.3 is 9.88 Å². The lowest BCUT2D eigenvalue weighted by Gasteiger charge is -2.24. The van der Waals surface area contributed by atoms with E-state index in [1.807, 2.05) is 0 Å². The lowest BCUT2D eigenvalue weighted by molar-refractivity contribution is 0.309. The molecule has 0 fully saturated rings. The zero-order valence-electron chi connectivity index (χ0n) is 7.43. The van der Waals surface area contributed by atoms with Crippen LogP contribution in [0, 0.1) is 0 Å². The van der Waals surface area contributed by atoms with E-state index < -0.39 is 0 Å². The third-order valence-electron chi connectivity index (χ3n) is 2.35. The molecule has 13 heavy (non-hydrogen) atoms. The topological polar surface area (TPSA) is 36.1 Å². The Bertz CT molecular complexity index is 386. The van der Waals surface area contributed by atoms with E-state index in [9.17, 15) is 4.79 Å². The first-order valence-electron chi connectivity index (χ1n) is 4.26. The average Bonchev–Trinajstić information content (AvgIpc) is 2.08. The van der Waals surface area contributed by atoms with Crippen LogP contribution in [0.15, 0.2) is 10.9 Å². The van der Waals surface area contributed by atoms with Crippen molar-refractivity contribution in [3.05, 3.63) is 32.7 Å². The van der Waals surface area contributed by atoms with Crippen LogP contribution in [0.1, 0.15) is 11.3 Å². The molecule has 0 saturated carbocycles. The number of H-pyrrole nitrogens is 1. The van der Waals surface area contributed by atoms with E-state index in [0.717, 1.165) is 30.8 Å². The molecule has 70 valence electrons. The van der Waals surface area contributed by atoms with Crippen molar-refractivity contribution in [2.75, 3.05) is 13.6 Å². The van der Waals surface area contributed by atoms with Crippen LogP contribution in [0.5, 0.6) is 0 Å². The second-order valence-corrected chi connectivity index (χ2v) is 3.85. The minimum Gasteiger partial charge on any atom is -0.325 e. The number of hydrogen-bond acceptors (Lipinski definition) is 2. The number of halogens is 1. The third kappa shape index (κ3) is 1.62. The van der Waals surface area contributed by atoms with Gasteiger partial charge in [0.1, 0.15) is 5.02 Å². The molecule has 4 heteroatoms. The lowest BCUT2D eigenvalue weighted by Crippen LogP contribution is -2.29. The summed E-state index contributed by atoms with van der Waals surface area (Å²) in [7, 11) is 2.06. The van der Waals surface area contributed by atoms with E-state index >= 15 is 0 Å². The molecule has 0 unspecified atom stereocenters. The summed E-state index contributed by atoms with van der Waals surface area (Å²) < 4.78 is 0. The molecule has 2 heterocycles. The van der Waals surface area contributed by atoms with Crippen molar-refractivity contribution in [2.24, 2.45) is 0 Å². The van der Waals surface area contributed by atoms with Crippen LogP contribution < -0.4 is 5.56 Å². The van der Waals surface area contributed by atoms with Gasteiger partial charge >= 0.3 is 0 Å². The number of fused-ring (bicyclic) bond motifs is 1. The summed E-state index contributed by atoms with van der Waals surface area (Å²) in [6.45, 7) is 1.86. The van der Waals surface area contributed by atoms with Gasteiger partial charge in [-0.1, -0.05) is 11.6 Å². The fourth-order valence-electron chi connectivity index (χ4n) is 1.62. The summed E-state index contributed by atoms with van der Waals surface area (Å²) in [6, 6.07) is 1.77. The van der Waals surface area contributed by atoms with Gasteiger partial charge in [-0.3, -0.25) is 4.79 Å². The first-order chi connectivity index (χ1) is 6.16. The van der Waals surface area contributed by atoms with Gasteiger partial charge in [-0.05, 0) is 18.7 Å². The number of hydrogen-bond donors (Lipinski definition) is 1. The molecule has 0 spiro atoms. The summed E-state index contributed by atoms with van der Waals surface area (Å²) in [4.78, 5) is 16.2. The smallest absolute Gasteiger partial charge is 0.266 e. The highest BCUT2D eigenvalue weighted by atomic mass is 35.5. The van der Waals surface area contributed by atoms with Crippen molar-refractivity contribution < 1.29 is 0 Å². The number of nitrogens with zero attached hydrogens (tertiary/aromatic N) is 1. The molecular weight excluding hydrogens is 188 g/mol. The molecule has 0 aromatic carbocycles. The first-order valence-corrected chi connectivity index (χ1v) is 4.64. The molecule has 1 aliphatic heterocycles. The third-order valence-corrected chi connectivity index (χ3v) is 2.63. The Labute approximate surface area is 81.3 Å². The van der Waals surface area contributed by atoms with Crippen LogP contribution in [0.2, 0.25) is 5.02 Å². The summed E-state index contributed by atoms with van der Waals surface area (Å²) in [5.41, 5.74) is 2.00. The summed E-state index contributed by atoms with van der Waals surface area (Å²) in [5, 5.41) is 0.286. The number of nitrogens with one attached hydrogen (secondary N) is 1. The maximum atomic E-state index is 11.2. The molecule has 0 amide bonds. The Morgan fingerprint density at radius 2 is 2.38 bits per heavy atom. The van der Waals surface area contributed by atoms with E-state index in [-0.39, 0.29) is 10.6 Å². The molecule has 3 nitrogen and oxygen atoms in total. The normalized spacial score (nSPS) is 17.1. The number of rotatable bonds is 0. The van der Waals surface area contributed by atoms with E-state index in [4.69, 9.17) is 11.6 Å². The van der Waals surface area contributed by atoms with Gasteiger partial charge in [0.15, 0.2) is 0 Å². The summed E-state index contributed by atoms with van der Waals surface area (Å²) in [5.74, 6) is 0. The zero-order valence-corrected chi connectivity index (χ0v) is 8.19. The first kappa shape index (κ1) is 8.78. The molecule has 1 aromatic heterocycles. The highest BCUT2D eigenvalue weighted by Gasteiger charge is 2.14. The number of likely N-dealkylation sites (N-methyl/N-ethyl adjacent to an activating group) is 1. The van der Waals surface area contributed by atoms with Gasteiger partial charge in [0.05, 0.1) is 0 Å². The van der Waals surface area contributed by atoms with Crippen LogP contribution >= 0.6 is 11.6 Å². The zero-order chi connectivity index (χ0) is 9.42. The molecule has 1 aromatic rings. The van der Waals surface area contributed by atoms with Crippen LogP contribution in [-0.4, -0.2) is 23.5 Å². The average molecular weight is 199 g/mol. The second kappa shape index (κ2) is 3.16. The monoisotopic (exact) mass is 198 g/mol. The Morgan fingerprint density at radius 3 is 3.15 bits per heavy atom. The number of aromatic amines is 1. The van der Waals surface area contributed by atoms with Crippen LogP contribution in [0.25, 0.3) is 0 Å². The van der Waals surface area contributed by atoms with Crippen LogP contribution in [-0.2, 0) is 13.0 Å². The standard InChI is InChI=1S/C9H11ClN2O/c1-12-3-2-8-6(5-12)4-7(10)9(13)11-8/h4H,2-3,5H2,1H3,(H,11,13). The van der Waals surface area contributed by atoms with Gasteiger partial charge in [0.25, 0.3) is 5.56 Å². The van der Waals surface area contributed by atoms with Crippen molar-refractivity contribution >= 4 is 11.6 Å². The van der Waals surface area contributed by atoms with E-state index in [1.54, 1.807) is 6.07 Å². The quantitative estimate of drug-likeness (QED) is 0.676. The fraction of sp³-hybridized carbons (Fsp3) is 0.444. The van der Waals surface area contributed by atoms with Gasteiger partial charge in [-0.2, -0.15) is 0 Å². The molecule has 1 N–H and O–H groups in total. The highest BCUT2D eigenvalue weighted by molar-refractivity contribution is 6.30. The maximum Gasteiger partial charge on any atom is 0.266 e. The van der Waals surface area contributed by atoms with Crippen molar-refractivity contribution in [1.82, 2.24) is 9.88 Å². The van der Waals surface area contributed by atoms with Crippen LogP contribution in [0.3, 0.4) is 0 Å². The van der Waals surface area contributed by atoms with Gasteiger partial charge in [0, 0.05) is 25.2 Å². The lowest BCUT2D eigenvalue weighted by atomic mass is 10.1. The van der Waals surface area contributed by atoms with Gasteiger partial charge in [0.2, 0.25) is 0 Å². The molecule has 0 saturated heterocycles. The van der Waals surface area contributed by atoms with Crippen molar-refractivity contribution in [2.45, 2.75) is 13.0 Å². The van der Waals surface area contributed by atoms with Crippen LogP contribution in [0.4, 0.5) is 0 Å². The Balaban J connectivity index is 2.49. The molecule has 0 aliphatic carbocycles. The Morgan fingerprint density at radius 1 is 1.62 bits per heavy atom. The van der Waals surface area contributed by atoms with E-state index in [2.05, 4.69) is 16.9 Å². The highest BCUT2D eigenvalue weighted by Crippen LogP contribution is 2.16. The van der Waals surface area contributed by atoms with Crippen molar-refractivity contribution in [3.8, 4) is 0 Å². The molecule has 2 rings (SSSR count). The number of pyridine rings is 1. The summed E-state index contributed by atoms with van der Waals surface area (Å²) >= 11 is 5.73. The summed E-state index contributed by atoms with van der Waals surface area (Å²) in [6.07, 6.45) is 0.901. The second-order valence-electron chi connectivity index (χ2n) is 3.44. The minimum atomic E-state index is -0.176. The van der Waals surface area contributed by atoms with Crippen molar-refractivity contribution in [3.63, 3.8) is 0 Å². The molecule has 0 bridgehead atoms. The van der Waals surface area contributed by atoms with Crippen molar-refractivity contribution in [1.29, 1.82) is 0 Å². The van der Waals surface area contributed by atoms with E-state index in [1.165, 1.54) is 0 Å². The molecule has 0 atom stereocenters.